The summed E-state index contributed by atoms with van der Waals surface area (Å²) in [4.78, 5) is 21.1. The van der Waals surface area contributed by atoms with E-state index in [4.69, 9.17) is 5.11 Å². The second kappa shape index (κ2) is 11.8. The molecule has 0 amide bonds. The summed E-state index contributed by atoms with van der Waals surface area (Å²) in [6.07, 6.45) is -0.0409. The molecular formula is C22H28FN3O6S. The predicted molar refractivity (Wildman–Crippen MR) is 123 cm³/mol. The molecule has 11 heteroatoms. The number of carboxylic acids is 1. The number of thiol groups is 1. The van der Waals surface area contributed by atoms with Crippen LogP contribution >= 0.6 is 0 Å². The van der Waals surface area contributed by atoms with E-state index in [0.29, 0.717) is 22.5 Å². The van der Waals surface area contributed by atoms with E-state index in [2.05, 4.69) is 9.97 Å². The number of aliphatic hydroxyl groups excluding tert-OH is 2. The molecule has 2 rings (SSSR count). The van der Waals surface area contributed by atoms with Crippen LogP contribution in [0.1, 0.15) is 43.9 Å². The van der Waals surface area contributed by atoms with Gasteiger partial charge in [-0.05, 0) is 30.2 Å². The summed E-state index contributed by atoms with van der Waals surface area (Å²) in [5.41, 5.74) is 2.07. The second-order valence-electron chi connectivity index (χ2n) is 7.92. The van der Waals surface area contributed by atoms with Gasteiger partial charge in [-0.3, -0.25) is 4.79 Å². The van der Waals surface area contributed by atoms with E-state index in [0.717, 1.165) is 0 Å². The quantitative estimate of drug-likeness (QED) is 0.355. The maximum Gasteiger partial charge on any atom is 0.305 e. The highest BCUT2D eigenvalue weighted by Crippen LogP contribution is 2.31. The second-order valence-corrected chi connectivity index (χ2v) is 8.87. The molecule has 9 nitrogen and oxygen atoms in total. The lowest BCUT2D eigenvalue weighted by Crippen LogP contribution is -2.23. The zero-order valence-corrected chi connectivity index (χ0v) is 19.4. The summed E-state index contributed by atoms with van der Waals surface area (Å²) in [5, 5.41) is 28.8. The average molecular weight is 482 g/mol. The Morgan fingerprint density at radius 3 is 2.36 bits per heavy atom. The van der Waals surface area contributed by atoms with Gasteiger partial charge in [0.15, 0.2) is 10.7 Å². The lowest BCUT2D eigenvalue weighted by molar-refractivity contribution is -0.139. The van der Waals surface area contributed by atoms with E-state index in [1.165, 1.54) is 35.2 Å². The van der Waals surface area contributed by atoms with Crippen LogP contribution in [-0.4, -0.2) is 64.8 Å². The topological polar surface area (TPSA) is 141 Å². The first-order valence-corrected chi connectivity index (χ1v) is 11.6. The van der Waals surface area contributed by atoms with Crippen LogP contribution in [0, 0.1) is 5.82 Å². The Balaban J connectivity index is 2.56. The Kier molecular flexibility index (Phi) is 9.44. The number of hydrogen-bond donors (Lipinski definition) is 4. The SMILES string of the molecule is CC(C)c1nc(N(C)C[SH](=O)=O)nc(-c2ccc(F)cc2)c1/C=C/[C@@H](O)C[C@@H](O)CC(=O)O. The molecule has 0 aliphatic heterocycles. The fourth-order valence-corrected chi connectivity index (χ4v) is 3.64. The minimum Gasteiger partial charge on any atom is -0.481 e. The van der Waals surface area contributed by atoms with Gasteiger partial charge in [0.2, 0.25) is 5.95 Å². The number of anilines is 1. The summed E-state index contributed by atoms with van der Waals surface area (Å²) in [5.74, 6) is -1.84. The van der Waals surface area contributed by atoms with Crippen LogP contribution in [0.5, 0.6) is 0 Å². The number of nitrogens with zero attached hydrogens (tertiary/aromatic N) is 3. The number of aliphatic carboxylic acids is 1. The van der Waals surface area contributed by atoms with E-state index >= 15 is 0 Å². The first-order chi connectivity index (χ1) is 15.5. The Labute approximate surface area is 193 Å². The molecule has 0 aliphatic carbocycles. The lowest BCUT2D eigenvalue weighted by atomic mass is 9.97. The minimum atomic E-state index is -2.71. The number of aromatic nitrogens is 2. The van der Waals surface area contributed by atoms with Crippen molar-refractivity contribution >= 4 is 28.7 Å². The van der Waals surface area contributed by atoms with Gasteiger partial charge in [-0.1, -0.05) is 26.0 Å². The number of carboxylic acid groups (broad SMARTS) is 1. The van der Waals surface area contributed by atoms with Crippen molar-refractivity contribution < 1.29 is 32.9 Å². The Hall–Kier alpha value is -2.89. The average Bonchev–Trinajstić information content (AvgIpc) is 2.71. The Morgan fingerprint density at radius 1 is 1.18 bits per heavy atom. The molecule has 180 valence electrons. The van der Waals surface area contributed by atoms with Gasteiger partial charge < -0.3 is 20.2 Å². The van der Waals surface area contributed by atoms with Crippen molar-refractivity contribution in [2.75, 3.05) is 17.8 Å². The highest BCUT2D eigenvalue weighted by molar-refractivity contribution is 7.72. The van der Waals surface area contributed by atoms with Crippen molar-refractivity contribution in [3.05, 3.63) is 47.4 Å². The van der Waals surface area contributed by atoms with Gasteiger partial charge in [0, 0.05) is 24.6 Å². The number of carbonyl (C=O) groups is 1. The zero-order chi connectivity index (χ0) is 24.7. The molecule has 0 fully saturated rings. The molecule has 0 unspecified atom stereocenters. The fraction of sp³-hybridized carbons (Fsp3) is 0.409. The minimum absolute atomic E-state index is 0.116. The highest BCUT2D eigenvalue weighted by atomic mass is 32.2. The molecule has 0 saturated carbocycles. The number of halogens is 1. The molecule has 2 atom stereocenters. The maximum atomic E-state index is 13.5. The molecule has 0 aliphatic rings. The van der Waals surface area contributed by atoms with Crippen LogP contribution in [-0.2, 0) is 15.5 Å². The third kappa shape index (κ3) is 7.88. The molecule has 0 radical (unpaired) electrons. The van der Waals surface area contributed by atoms with Crippen molar-refractivity contribution in [3.63, 3.8) is 0 Å². The molecule has 1 aromatic heterocycles. The van der Waals surface area contributed by atoms with Crippen molar-refractivity contribution in [2.45, 2.75) is 44.8 Å². The lowest BCUT2D eigenvalue weighted by Gasteiger charge is -2.20. The molecule has 3 N–H and O–H groups in total. The van der Waals surface area contributed by atoms with Gasteiger partial charge in [-0.2, -0.15) is 0 Å². The summed E-state index contributed by atoms with van der Waals surface area (Å²) >= 11 is 0. The molecular weight excluding hydrogens is 453 g/mol. The first-order valence-electron chi connectivity index (χ1n) is 10.2. The summed E-state index contributed by atoms with van der Waals surface area (Å²) in [6, 6.07) is 5.61. The Morgan fingerprint density at radius 2 is 1.82 bits per heavy atom. The molecule has 0 bridgehead atoms. The van der Waals surface area contributed by atoms with Crippen LogP contribution in [0.15, 0.2) is 30.3 Å². The molecule has 0 spiro atoms. The van der Waals surface area contributed by atoms with Crippen molar-refractivity contribution in [3.8, 4) is 11.3 Å². The van der Waals surface area contributed by atoms with Crippen LogP contribution in [0.25, 0.3) is 17.3 Å². The largest absolute Gasteiger partial charge is 0.481 e. The maximum absolute atomic E-state index is 13.5. The van der Waals surface area contributed by atoms with Gasteiger partial charge >= 0.3 is 5.97 Å². The van der Waals surface area contributed by atoms with Crippen LogP contribution in [0.2, 0.25) is 0 Å². The Bertz CT molecular complexity index is 1060. The summed E-state index contributed by atoms with van der Waals surface area (Å²) in [6.45, 7) is 3.78. The zero-order valence-electron chi connectivity index (χ0n) is 18.6. The normalized spacial score (nSPS) is 13.6. The van der Waals surface area contributed by atoms with Crippen molar-refractivity contribution in [1.29, 1.82) is 0 Å². The number of hydrogen-bond acceptors (Lipinski definition) is 8. The van der Waals surface area contributed by atoms with E-state index in [-0.39, 0.29) is 24.2 Å². The smallest absolute Gasteiger partial charge is 0.305 e. The molecule has 1 aromatic carbocycles. The molecule has 33 heavy (non-hydrogen) atoms. The monoisotopic (exact) mass is 481 g/mol. The number of rotatable bonds is 11. The van der Waals surface area contributed by atoms with Gasteiger partial charge in [0.05, 0.1) is 30.0 Å². The van der Waals surface area contributed by atoms with E-state index in [1.54, 1.807) is 13.1 Å². The highest BCUT2D eigenvalue weighted by Gasteiger charge is 2.20. The van der Waals surface area contributed by atoms with E-state index < -0.39 is 41.1 Å². The summed E-state index contributed by atoms with van der Waals surface area (Å²) < 4.78 is 35.9. The third-order valence-corrected chi connectivity index (χ3v) is 5.36. The molecule has 0 saturated heterocycles. The van der Waals surface area contributed by atoms with Gasteiger partial charge in [-0.15, -0.1) is 0 Å². The number of aliphatic hydroxyl groups is 2. The van der Waals surface area contributed by atoms with Crippen LogP contribution in [0.4, 0.5) is 10.3 Å². The van der Waals surface area contributed by atoms with E-state index in [9.17, 15) is 27.8 Å². The predicted octanol–water partition coefficient (Wildman–Crippen LogP) is 2.01. The van der Waals surface area contributed by atoms with Crippen LogP contribution < -0.4 is 4.90 Å². The van der Waals surface area contributed by atoms with Crippen molar-refractivity contribution in [1.82, 2.24) is 9.97 Å². The van der Waals surface area contributed by atoms with Gasteiger partial charge in [0.25, 0.3) is 0 Å². The van der Waals surface area contributed by atoms with E-state index in [1.807, 2.05) is 13.8 Å². The van der Waals surface area contributed by atoms with Gasteiger partial charge in [0.1, 0.15) is 11.7 Å². The summed E-state index contributed by atoms with van der Waals surface area (Å²) in [7, 11) is -1.17. The van der Waals surface area contributed by atoms with Crippen LogP contribution in [0.3, 0.4) is 0 Å². The molecule has 2 aromatic rings. The fourth-order valence-electron chi connectivity index (χ4n) is 3.16. The first kappa shape index (κ1) is 26.4. The molecule has 1 heterocycles. The van der Waals surface area contributed by atoms with Gasteiger partial charge in [-0.25, -0.2) is 22.8 Å². The third-order valence-electron chi connectivity index (χ3n) is 4.71. The standard InChI is InChI=1S/C22H28FN3O6S/c1-13(2)20-18(9-8-16(27)10-17(28)11-19(29)30)21(14-4-6-15(23)7-5-14)25-22(24-20)26(3)12-33(31)32/h4-9,13,16-17,27-28,33H,10-12H2,1-3H3,(H,29,30)/b9-8+/t16-,17-/m1/s1. The van der Waals surface area contributed by atoms with Crippen molar-refractivity contribution in [2.24, 2.45) is 0 Å². The number of benzene rings is 1.